The van der Waals surface area contributed by atoms with E-state index in [9.17, 15) is 14.4 Å². The first-order valence-corrected chi connectivity index (χ1v) is 8.28. The predicted molar refractivity (Wildman–Crippen MR) is 124 cm³/mol. The summed E-state index contributed by atoms with van der Waals surface area (Å²) in [5, 5.41) is 42.5. The summed E-state index contributed by atoms with van der Waals surface area (Å²) in [5.41, 5.74) is 10.7. The van der Waals surface area contributed by atoms with Crippen LogP contribution >= 0.6 is 0 Å². The number of rotatable bonds is 6. The van der Waals surface area contributed by atoms with Crippen molar-refractivity contribution in [2.24, 2.45) is 10.7 Å². The Hall–Kier alpha value is -0.0351. The van der Waals surface area contributed by atoms with Crippen molar-refractivity contribution < 1.29 is 98.0 Å². The summed E-state index contributed by atoms with van der Waals surface area (Å²) >= 11 is 0. The number of carbonyl (C=O) groups excluding carboxylic acids is 3. The van der Waals surface area contributed by atoms with Gasteiger partial charge < -0.3 is 58.6 Å². The molecule has 0 aliphatic carbocycles. The molecular formula is C18H40N6O7W3. The Kier molecular flexibility index (Phi) is 111. The molecular weight excluding hydrogens is 964 g/mol. The second-order valence-electron chi connectivity index (χ2n) is 5.00. The van der Waals surface area contributed by atoms with Gasteiger partial charge in [-0.05, 0) is 41.2 Å². The molecule has 0 fully saturated rings. The molecule has 2 unspecified atom stereocenters. The smallest absolute Gasteiger partial charge is 0.808 e. The first kappa shape index (κ1) is 64.3. The fourth-order valence-corrected chi connectivity index (χ4v) is 0.337. The van der Waals surface area contributed by atoms with E-state index in [0.717, 1.165) is 6.92 Å². The predicted octanol–water partition coefficient (Wildman–Crippen LogP) is 0.154. The zero-order valence-electron chi connectivity index (χ0n) is 20.2. The number of aliphatic hydroxyl groups excluding tert-OH is 3. The standard InChI is InChI=1S/C4H10NO.C4H6NO.C3H8NO.C3H4NO.C3H6O3.CH4N.H2N.3W/c2*1-4(6)3-5-2;2*1-3(5)2-4;1-2(4)3(5)6;1-2;;;;/h4-6H,2-3H2,1H3;3H,2H2,1H3;3-5H,2H2,1H3;2H,1H3;3,5-6H,1H3;1-2H2;1H2;;;/q4*-1;;2*-1;3*+2. The van der Waals surface area contributed by atoms with Crippen LogP contribution in [-0.2, 0) is 77.6 Å². The van der Waals surface area contributed by atoms with E-state index < -0.39 is 18.2 Å². The average molecular weight is 1000 g/mol. The number of Topliss-reactive ketones (excluding diaryl/α,β-unsaturated/α-hetero) is 3. The van der Waals surface area contributed by atoms with E-state index in [-0.39, 0.29) is 93.6 Å². The maximum Gasteiger partial charge on any atom is 2.00 e. The molecule has 0 saturated carbocycles. The third-order valence-electron chi connectivity index (χ3n) is 1.55. The van der Waals surface area contributed by atoms with Crippen LogP contribution < -0.4 is 11.1 Å². The molecule has 0 rings (SSSR count). The van der Waals surface area contributed by atoms with Crippen LogP contribution in [0.3, 0.4) is 0 Å². The topological polar surface area (TPSA) is 262 Å². The van der Waals surface area contributed by atoms with Crippen LogP contribution in [0.15, 0.2) is 4.99 Å². The Morgan fingerprint density at radius 3 is 1.26 bits per heavy atom. The maximum absolute atomic E-state index is 9.85. The molecule has 0 saturated heterocycles. The summed E-state index contributed by atoms with van der Waals surface area (Å²) in [6.45, 7) is 7.78. The fraction of sp³-hybridized carbons (Fsp3) is 0.556. The van der Waals surface area contributed by atoms with Gasteiger partial charge in [0.05, 0.1) is 11.9 Å². The van der Waals surface area contributed by atoms with E-state index in [2.05, 4.69) is 37.2 Å². The van der Waals surface area contributed by atoms with Gasteiger partial charge in [0.25, 0.3) is 0 Å². The molecule has 0 bridgehead atoms. The molecule has 0 aliphatic heterocycles. The summed E-state index contributed by atoms with van der Waals surface area (Å²) in [6, 6.07) is 0. The van der Waals surface area contributed by atoms with Crippen LogP contribution in [-0.4, -0.2) is 81.8 Å². The molecule has 0 aliphatic rings. The number of carbonyl (C=O) groups is 3. The number of nitrogens with one attached hydrogen (secondary N) is 2. The number of aliphatic hydroxyl groups is 4. The Morgan fingerprint density at radius 2 is 1.26 bits per heavy atom. The monoisotopic (exact) mass is 1000 g/mol. The van der Waals surface area contributed by atoms with Crippen molar-refractivity contribution in [3.63, 3.8) is 0 Å². The summed E-state index contributed by atoms with van der Waals surface area (Å²) < 4.78 is 0. The molecule has 16 heteroatoms. The van der Waals surface area contributed by atoms with Crippen LogP contribution in [0, 0.1) is 21.1 Å². The van der Waals surface area contributed by atoms with Gasteiger partial charge in [0.15, 0.2) is 5.78 Å². The maximum atomic E-state index is 9.85. The quantitative estimate of drug-likeness (QED) is 0.120. The van der Waals surface area contributed by atoms with E-state index in [1.54, 1.807) is 13.8 Å². The van der Waals surface area contributed by atoms with Crippen LogP contribution in [0.2, 0.25) is 0 Å². The molecule has 0 amide bonds. The summed E-state index contributed by atoms with van der Waals surface area (Å²) in [7, 11) is 9.14. The summed E-state index contributed by atoms with van der Waals surface area (Å²) in [5.74, 6) is -1.01. The SMILES string of the molecule is CC(=O)C(O)O.CC(=O)C=[N-].CC(O)C[NH-].[CH2-]N.[CH2-]N=CC(C)=O.[CH2-]NCC(C)O.[NH2-].[W+2].[W+2].[W+2]. The van der Waals surface area contributed by atoms with Crippen molar-refractivity contribution >= 4 is 29.8 Å². The van der Waals surface area contributed by atoms with Gasteiger partial charge in [0.2, 0.25) is 6.29 Å². The van der Waals surface area contributed by atoms with Crippen molar-refractivity contribution in [1.82, 2.24) is 5.32 Å². The van der Waals surface area contributed by atoms with Gasteiger partial charge in [0.1, 0.15) is 5.78 Å². The van der Waals surface area contributed by atoms with E-state index in [4.69, 9.17) is 31.6 Å². The molecule has 0 aromatic carbocycles. The Bertz CT molecular complexity index is 433. The van der Waals surface area contributed by atoms with Gasteiger partial charge in [0, 0.05) is 6.10 Å². The fourth-order valence-electron chi connectivity index (χ4n) is 0.337. The second kappa shape index (κ2) is 58.6. The van der Waals surface area contributed by atoms with Crippen LogP contribution in [0.25, 0.3) is 17.3 Å². The average Bonchev–Trinajstić information content (AvgIpc) is 2.65. The van der Waals surface area contributed by atoms with E-state index >= 15 is 0 Å². The van der Waals surface area contributed by atoms with Crippen molar-refractivity contribution in [1.29, 1.82) is 0 Å². The van der Waals surface area contributed by atoms with Gasteiger partial charge in [-0.1, -0.05) is 6.21 Å². The normalized spacial score (nSPS) is 9.24. The van der Waals surface area contributed by atoms with E-state index in [1.165, 1.54) is 20.1 Å². The Labute approximate surface area is 247 Å². The zero-order chi connectivity index (χ0) is 25.7. The molecule has 0 aromatic rings. The zero-order valence-corrected chi connectivity index (χ0v) is 29.0. The van der Waals surface area contributed by atoms with Crippen LogP contribution in [0.1, 0.15) is 34.6 Å². The molecule has 2 atom stereocenters. The minimum atomic E-state index is -1.79. The minimum absolute atomic E-state index is 0. The third kappa shape index (κ3) is 157. The summed E-state index contributed by atoms with van der Waals surface area (Å²) in [4.78, 5) is 32.2. The van der Waals surface area contributed by atoms with Crippen molar-refractivity contribution in [3.05, 3.63) is 38.4 Å². The summed E-state index contributed by atoms with van der Waals surface area (Å²) in [6.07, 6.45) is -0.817. The van der Waals surface area contributed by atoms with Gasteiger partial charge in [-0.15, -0.1) is 6.54 Å². The molecule has 13 nitrogen and oxygen atoms in total. The number of hydrogen-bond acceptors (Lipinski definition) is 10. The van der Waals surface area contributed by atoms with E-state index in [1.807, 2.05) is 0 Å². The Balaban J connectivity index is -0.0000000253. The number of hydrogen-bond donors (Lipinski definition) is 6. The number of nitrogens with zero attached hydrogens (tertiary/aromatic N) is 2. The largest absolute Gasteiger partial charge is 2.00 e. The van der Waals surface area contributed by atoms with Crippen LogP contribution in [0.5, 0.6) is 0 Å². The molecule has 0 aromatic heterocycles. The molecule has 0 radical (unpaired) electrons. The molecule has 10 N–H and O–H groups in total. The van der Waals surface area contributed by atoms with Crippen molar-refractivity contribution in [3.8, 4) is 0 Å². The number of aliphatic imine (C=N–C) groups is 1. The third-order valence-corrected chi connectivity index (χ3v) is 1.55. The van der Waals surface area contributed by atoms with Gasteiger partial charge >= 0.3 is 63.2 Å². The second-order valence-corrected chi connectivity index (χ2v) is 5.00. The first-order valence-electron chi connectivity index (χ1n) is 8.28. The molecule has 0 heterocycles. The van der Waals surface area contributed by atoms with Gasteiger partial charge in [-0.3, -0.25) is 23.7 Å². The molecule has 0 spiro atoms. The molecule has 34 heavy (non-hydrogen) atoms. The van der Waals surface area contributed by atoms with Crippen molar-refractivity contribution in [2.45, 2.75) is 53.1 Å². The number of nitrogens with two attached hydrogens (primary N) is 2. The first-order chi connectivity index (χ1) is 13.7. The van der Waals surface area contributed by atoms with Crippen LogP contribution in [0.4, 0.5) is 0 Å². The minimum Gasteiger partial charge on any atom is -0.808 e. The van der Waals surface area contributed by atoms with E-state index in [0.29, 0.717) is 12.8 Å². The van der Waals surface area contributed by atoms with Crippen molar-refractivity contribution in [2.75, 3.05) is 13.1 Å². The number of ketones is 3. The molecule has 202 valence electrons. The van der Waals surface area contributed by atoms with Gasteiger partial charge in [-0.2, -0.15) is 13.3 Å². The Morgan fingerprint density at radius 1 is 1.00 bits per heavy atom. The van der Waals surface area contributed by atoms with Gasteiger partial charge in [-0.25, -0.2) is 0 Å².